The number of benzene rings is 1. The summed E-state index contributed by atoms with van der Waals surface area (Å²) in [7, 11) is 0. The Hall–Kier alpha value is -1.26. The molecule has 1 aliphatic heterocycles. The van der Waals surface area contributed by atoms with E-state index < -0.39 is 11.7 Å². The molecule has 1 heterocycles. The first-order valence-electron chi connectivity index (χ1n) is 6.40. The van der Waals surface area contributed by atoms with Gasteiger partial charge in [0, 0.05) is 0 Å². The summed E-state index contributed by atoms with van der Waals surface area (Å²) in [5.41, 5.74) is -0.436. The normalized spacial score (nSPS) is 16.4. The SMILES string of the molecule is CCC(O)(CC)C(O)c1ccc2c(c1)OCCO2. The van der Waals surface area contributed by atoms with Crippen LogP contribution >= 0.6 is 0 Å². The lowest BCUT2D eigenvalue weighted by Gasteiger charge is -2.31. The van der Waals surface area contributed by atoms with Gasteiger partial charge in [-0.1, -0.05) is 19.9 Å². The third kappa shape index (κ3) is 2.31. The average Bonchev–Trinajstić information content (AvgIpc) is 2.45. The number of ether oxygens (including phenoxy) is 2. The first kappa shape index (κ1) is 13.2. The topological polar surface area (TPSA) is 58.9 Å². The summed E-state index contributed by atoms with van der Waals surface area (Å²) in [6.45, 7) is 4.79. The molecule has 0 aliphatic carbocycles. The largest absolute Gasteiger partial charge is 0.486 e. The number of hydrogen-bond acceptors (Lipinski definition) is 4. The predicted octanol–water partition coefficient (Wildman–Crippen LogP) is 2.04. The zero-order chi connectivity index (χ0) is 13.2. The fraction of sp³-hybridized carbons (Fsp3) is 0.571. The highest BCUT2D eigenvalue weighted by Crippen LogP contribution is 2.37. The van der Waals surface area contributed by atoms with Crippen molar-refractivity contribution in [2.75, 3.05) is 13.2 Å². The second-order valence-electron chi connectivity index (χ2n) is 4.62. The van der Waals surface area contributed by atoms with Crippen LogP contribution in [0.2, 0.25) is 0 Å². The molecule has 1 unspecified atom stereocenters. The molecule has 1 aromatic carbocycles. The quantitative estimate of drug-likeness (QED) is 0.861. The van der Waals surface area contributed by atoms with E-state index in [1.54, 1.807) is 18.2 Å². The molecule has 0 fully saturated rings. The van der Waals surface area contributed by atoms with Crippen molar-refractivity contribution in [3.8, 4) is 11.5 Å². The molecule has 0 saturated carbocycles. The first-order chi connectivity index (χ1) is 8.60. The van der Waals surface area contributed by atoms with Crippen molar-refractivity contribution in [2.24, 2.45) is 0 Å². The number of rotatable bonds is 4. The Morgan fingerprint density at radius 1 is 1.17 bits per heavy atom. The number of fused-ring (bicyclic) bond motifs is 1. The molecular weight excluding hydrogens is 232 g/mol. The molecule has 1 aromatic rings. The van der Waals surface area contributed by atoms with Crippen LogP contribution in [0, 0.1) is 0 Å². The summed E-state index contributed by atoms with van der Waals surface area (Å²) in [4.78, 5) is 0. The highest BCUT2D eigenvalue weighted by atomic mass is 16.6. The fourth-order valence-corrected chi connectivity index (χ4v) is 2.18. The van der Waals surface area contributed by atoms with Gasteiger partial charge < -0.3 is 19.7 Å². The maximum absolute atomic E-state index is 10.3. The van der Waals surface area contributed by atoms with Crippen molar-refractivity contribution >= 4 is 0 Å². The highest BCUT2D eigenvalue weighted by molar-refractivity contribution is 5.44. The third-order valence-electron chi connectivity index (χ3n) is 3.62. The second-order valence-corrected chi connectivity index (χ2v) is 4.62. The van der Waals surface area contributed by atoms with Crippen LogP contribution in [0.3, 0.4) is 0 Å². The van der Waals surface area contributed by atoms with E-state index in [2.05, 4.69) is 0 Å². The Kier molecular flexibility index (Phi) is 3.78. The van der Waals surface area contributed by atoms with Crippen LogP contribution in [0.25, 0.3) is 0 Å². The molecule has 0 radical (unpaired) electrons. The van der Waals surface area contributed by atoms with Crippen LogP contribution in [0.15, 0.2) is 18.2 Å². The van der Waals surface area contributed by atoms with Gasteiger partial charge >= 0.3 is 0 Å². The van der Waals surface area contributed by atoms with Crippen molar-refractivity contribution in [3.63, 3.8) is 0 Å². The highest BCUT2D eigenvalue weighted by Gasteiger charge is 2.33. The molecule has 0 aromatic heterocycles. The van der Waals surface area contributed by atoms with E-state index in [1.807, 2.05) is 13.8 Å². The standard InChI is InChI=1S/C14H20O4/c1-3-14(16,4-2)13(15)10-5-6-11-12(9-10)18-8-7-17-11/h5-6,9,13,15-16H,3-4,7-8H2,1-2H3. The van der Waals surface area contributed by atoms with E-state index in [0.717, 1.165) is 0 Å². The smallest absolute Gasteiger partial charge is 0.161 e. The molecule has 100 valence electrons. The lowest BCUT2D eigenvalue weighted by molar-refractivity contribution is -0.0821. The monoisotopic (exact) mass is 252 g/mol. The lowest BCUT2D eigenvalue weighted by Crippen LogP contribution is -2.34. The summed E-state index contributed by atoms with van der Waals surface area (Å²) in [6, 6.07) is 5.29. The minimum Gasteiger partial charge on any atom is -0.486 e. The zero-order valence-corrected chi connectivity index (χ0v) is 10.8. The Bertz CT molecular complexity index is 412. The zero-order valence-electron chi connectivity index (χ0n) is 10.8. The Labute approximate surface area is 107 Å². The van der Waals surface area contributed by atoms with Gasteiger partial charge in [0.15, 0.2) is 11.5 Å². The van der Waals surface area contributed by atoms with Crippen LogP contribution in [0.5, 0.6) is 11.5 Å². The van der Waals surface area contributed by atoms with Gasteiger partial charge in [0.1, 0.15) is 19.3 Å². The van der Waals surface area contributed by atoms with Gasteiger partial charge in [-0.3, -0.25) is 0 Å². The van der Waals surface area contributed by atoms with Gasteiger partial charge in [-0.25, -0.2) is 0 Å². The summed E-state index contributed by atoms with van der Waals surface area (Å²) >= 11 is 0. The van der Waals surface area contributed by atoms with Crippen LogP contribution in [-0.2, 0) is 0 Å². The molecular formula is C14H20O4. The number of aliphatic hydroxyl groups excluding tert-OH is 1. The maximum atomic E-state index is 10.3. The Morgan fingerprint density at radius 3 is 2.39 bits per heavy atom. The molecule has 18 heavy (non-hydrogen) atoms. The van der Waals surface area contributed by atoms with Gasteiger partial charge in [-0.15, -0.1) is 0 Å². The van der Waals surface area contributed by atoms with E-state index in [0.29, 0.717) is 43.1 Å². The summed E-state index contributed by atoms with van der Waals surface area (Å²) in [5, 5.41) is 20.6. The maximum Gasteiger partial charge on any atom is 0.161 e. The Balaban J connectivity index is 2.28. The summed E-state index contributed by atoms with van der Waals surface area (Å²) in [6.07, 6.45) is 0.0846. The van der Waals surface area contributed by atoms with Crippen molar-refractivity contribution in [1.82, 2.24) is 0 Å². The first-order valence-corrected chi connectivity index (χ1v) is 6.40. The van der Waals surface area contributed by atoms with E-state index in [-0.39, 0.29) is 0 Å². The average molecular weight is 252 g/mol. The van der Waals surface area contributed by atoms with Crippen LogP contribution in [-0.4, -0.2) is 29.0 Å². The molecule has 1 atom stereocenters. The minimum atomic E-state index is -1.09. The molecule has 0 saturated heterocycles. The van der Waals surface area contributed by atoms with Crippen LogP contribution in [0.1, 0.15) is 38.4 Å². The number of hydrogen-bond donors (Lipinski definition) is 2. The van der Waals surface area contributed by atoms with Gasteiger partial charge in [-0.2, -0.15) is 0 Å². The minimum absolute atomic E-state index is 0.499. The fourth-order valence-electron chi connectivity index (χ4n) is 2.18. The van der Waals surface area contributed by atoms with E-state index in [4.69, 9.17) is 9.47 Å². The van der Waals surface area contributed by atoms with Crippen molar-refractivity contribution < 1.29 is 19.7 Å². The van der Waals surface area contributed by atoms with Crippen LogP contribution in [0.4, 0.5) is 0 Å². The third-order valence-corrected chi connectivity index (χ3v) is 3.62. The number of aliphatic hydroxyl groups is 2. The Morgan fingerprint density at radius 2 is 1.78 bits per heavy atom. The van der Waals surface area contributed by atoms with E-state index in [1.165, 1.54) is 0 Å². The summed E-state index contributed by atoms with van der Waals surface area (Å²) in [5.74, 6) is 1.32. The lowest BCUT2D eigenvalue weighted by atomic mass is 9.86. The van der Waals surface area contributed by atoms with Crippen molar-refractivity contribution in [3.05, 3.63) is 23.8 Å². The molecule has 0 amide bonds. The molecule has 2 rings (SSSR count). The van der Waals surface area contributed by atoms with Crippen molar-refractivity contribution in [1.29, 1.82) is 0 Å². The molecule has 0 bridgehead atoms. The van der Waals surface area contributed by atoms with Gasteiger partial charge in [0.25, 0.3) is 0 Å². The van der Waals surface area contributed by atoms with Gasteiger partial charge in [-0.05, 0) is 30.5 Å². The summed E-state index contributed by atoms with van der Waals surface area (Å²) < 4.78 is 10.9. The second kappa shape index (κ2) is 5.16. The molecule has 2 N–H and O–H groups in total. The van der Waals surface area contributed by atoms with E-state index >= 15 is 0 Å². The van der Waals surface area contributed by atoms with Crippen LogP contribution < -0.4 is 9.47 Å². The van der Waals surface area contributed by atoms with E-state index in [9.17, 15) is 10.2 Å². The van der Waals surface area contributed by atoms with Gasteiger partial charge in [0.2, 0.25) is 0 Å². The molecule has 1 aliphatic rings. The van der Waals surface area contributed by atoms with Crippen molar-refractivity contribution in [2.45, 2.75) is 38.4 Å². The molecule has 4 heteroatoms. The molecule has 0 spiro atoms. The predicted molar refractivity (Wildman–Crippen MR) is 67.9 cm³/mol. The van der Waals surface area contributed by atoms with Gasteiger partial charge in [0.05, 0.1) is 5.60 Å². The molecule has 4 nitrogen and oxygen atoms in total.